The van der Waals surface area contributed by atoms with Crippen LogP contribution in [0.2, 0.25) is 0 Å². The standard InChI is InChI=1S/C26H30N6O4/c33-25(34)19-30-11-13-31(15-20-5-1-2-10-27-20)16-21-6-3-7-22(28-21)17-32(14-12-30)18-23-8-4-9-24(29-23)26(35)36/h1-10H,11-19H2,(H,33,34)(H,35,36). The van der Waals surface area contributed by atoms with Gasteiger partial charge in [0, 0.05) is 58.6 Å². The first-order valence-electron chi connectivity index (χ1n) is 11.9. The van der Waals surface area contributed by atoms with Crippen molar-refractivity contribution in [2.24, 2.45) is 0 Å². The minimum atomic E-state index is -1.07. The van der Waals surface area contributed by atoms with Gasteiger partial charge in [-0.05, 0) is 36.4 Å². The van der Waals surface area contributed by atoms with Crippen LogP contribution in [0.15, 0.2) is 60.8 Å². The van der Waals surface area contributed by atoms with Gasteiger partial charge in [-0.3, -0.25) is 29.5 Å². The van der Waals surface area contributed by atoms with Crippen LogP contribution in [0.25, 0.3) is 0 Å². The second-order valence-corrected chi connectivity index (χ2v) is 8.85. The van der Waals surface area contributed by atoms with E-state index in [0.717, 1.165) is 17.1 Å². The Labute approximate surface area is 209 Å². The molecule has 10 heteroatoms. The van der Waals surface area contributed by atoms with E-state index >= 15 is 0 Å². The van der Waals surface area contributed by atoms with Crippen LogP contribution in [0, 0.1) is 0 Å². The summed E-state index contributed by atoms with van der Waals surface area (Å²) in [6.45, 7) is 4.55. The third-order valence-corrected chi connectivity index (χ3v) is 5.98. The zero-order chi connectivity index (χ0) is 25.3. The maximum atomic E-state index is 11.6. The van der Waals surface area contributed by atoms with Crippen LogP contribution in [0.3, 0.4) is 0 Å². The number of carbonyl (C=O) groups is 2. The van der Waals surface area contributed by atoms with E-state index in [2.05, 4.69) is 19.8 Å². The molecule has 0 aliphatic carbocycles. The Morgan fingerprint density at radius 1 is 0.722 bits per heavy atom. The minimum Gasteiger partial charge on any atom is -0.480 e. The number of hydrogen-bond acceptors (Lipinski definition) is 8. The Morgan fingerprint density at radius 2 is 1.33 bits per heavy atom. The lowest BCUT2D eigenvalue weighted by atomic mass is 10.2. The van der Waals surface area contributed by atoms with Gasteiger partial charge < -0.3 is 10.2 Å². The van der Waals surface area contributed by atoms with E-state index in [1.54, 1.807) is 18.3 Å². The number of nitrogens with zero attached hydrogens (tertiary/aromatic N) is 6. The quantitative estimate of drug-likeness (QED) is 0.508. The number of aromatic nitrogens is 3. The molecular weight excluding hydrogens is 460 g/mol. The molecule has 3 aromatic heterocycles. The summed E-state index contributed by atoms with van der Waals surface area (Å²) < 4.78 is 0. The van der Waals surface area contributed by atoms with Gasteiger partial charge in [0.15, 0.2) is 0 Å². The average molecular weight is 491 g/mol. The van der Waals surface area contributed by atoms with Crippen LogP contribution < -0.4 is 0 Å². The van der Waals surface area contributed by atoms with Crippen LogP contribution >= 0.6 is 0 Å². The molecule has 2 N–H and O–H groups in total. The molecule has 188 valence electrons. The first-order chi connectivity index (χ1) is 17.4. The minimum absolute atomic E-state index is 0.00229. The highest BCUT2D eigenvalue weighted by Crippen LogP contribution is 2.13. The van der Waals surface area contributed by atoms with Crippen molar-refractivity contribution in [3.8, 4) is 0 Å². The Bertz CT molecular complexity index is 1180. The zero-order valence-electron chi connectivity index (χ0n) is 20.0. The number of carboxylic acid groups (broad SMARTS) is 2. The molecule has 0 radical (unpaired) electrons. The van der Waals surface area contributed by atoms with Crippen molar-refractivity contribution in [2.75, 3.05) is 32.7 Å². The van der Waals surface area contributed by atoms with Crippen molar-refractivity contribution < 1.29 is 19.8 Å². The van der Waals surface area contributed by atoms with Gasteiger partial charge in [-0.25, -0.2) is 9.78 Å². The highest BCUT2D eigenvalue weighted by Gasteiger charge is 2.18. The smallest absolute Gasteiger partial charge is 0.354 e. The number of aromatic carboxylic acids is 1. The number of carboxylic acids is 2. The van der Waals surface area contributed by atoms with Crippen LogP contribution in [-0.2, 0) is 31.0 Å². The molecule has 0 unspecified atom stereocenters. The lowest BCUT2D eigenvalue weighted by molar-refractivity contribution is -0.138. The molecule has 0 atom stereocenters. The van der Waals surface area contributed by atoms with Crippen molar-refractivity contribution in [1.82, 2.24) is 29.7 Å². The first kappa shape index (κ1) is 25.4. The molecule has 3 aromatic rings. The fraction of sp³-hybridized carbons (Fsp3) is 0.346. The molecule has 1 aliphatic heterocycles. The molecule has 36 heavy (non-hydrogen) atoms. The molecule has 2 bridgehead atoms. The van der Waals surface area contributed by atoms with E-state index in [1.807, 2.05) is 41.3 Å². The maximum Gasteiger partial charge on any atom is 0.354 e. The molecule has 4 heterocycles. The maximum absolute atomic E-state index is 11.6. The van der Waals surface area contributed by atoms with Gasteiger partial charge in [-0.15, -0.1) is 0 Å². The normalized spacial score (nSPS) is 16.1. The van der Waals surface area contributed by atoms with Crippen LogP contribution in [0.4, 0.5) is 0 Å². The summed E-state index contributed by atoms with van der Waals surface area (Å²) in [5, 5.41) is 18.8. The third kappa shape index (κ3) is 7.64. The van der Waals surface area contributed by atoms with Crippen LogP contribution in [-0.4, -0.2) is 84.5 Å². The summed E-state index contributed by atoms with van der Waals surface area (Å²) in [6.07, 6.45) is 1.77. The Kier molecular flexibility index (Phi) is 8.66. The number of hydrogen-bond donors (Lipinski definition) is 2. The Balaban J connectivity index is 1.57. The summed E-state index contributed by atoms with van der Waals surface area (Å²) in [4.78, 5) is 42.8. The van der Waals surface area contributed by atoms with Gasteiger partial charge in [0.1, 0.15) is 5.69 Å². The number of pyridine rings is 3. The summed E-state index contributed by atoms with van der Waals surface area (Å²) in [5.74, 6) is -1.93. The number of aliphatic carboxylic acids is 1. The average Bonchev–Trinajstić information content (AvgIpc) is 2.85. The van der Waals surface area contributed by atoms with Crippen molar-refractivity contribution in [3.05, 3.63) is 89.3 Å². The van der Waals surface area contributed by atoms with E-state index in [0.29, 0.717) is 58.1 Å². The molecule has 0 spiro atoms. The zero-order valence-corrected chi connectivity index (χ0v) is 20.0. The summed E-state index contributed by atoms with van der Waals surface area (Å²) in [5.41, 5.74) is 3.42. The van der Waals surface area contributed by atoms with Gasteiger partial charge in [0.05, 0.1) is 29.3 Å². The molecule has 4 rings (SSSR count). The summed E-state index contributed by atoms with van der Waals surface area (Å²) in [7, 11) is 0. The van der Waals surface area contributed by atoms with E-state index in [1.165, 1.54) is 6.07 Å². The highest BCUT2D eigenvalue weighted by molar-refractivity contribution is 5.85. The largest absolute Gasteiger partial charge is 0.480 e. The molecule has 0 fully saturated rings. The Morgan fingerprint density at radius 3 is 1.94 bits per heavy atom. The molecule has 0 saturated carbocycles. The van der Waals surface area contributed by atoms with Gasteiger partial charge >= 0.3 is 11.9 Å². The van der Waals surface area contributed by atoms with Crippen LogP contribution in [0.1, 0.15) is 33.3 Å². The predicted octanol–water partition coefficient (Wildman–Crippen LogP) is 1.97. The molecule has 0 aromatic carbocycles. The predicted molar refractivity (Wildman–Crippen MR) is 132 cm³/mol. The van der Waals surface area contributed by atoms with Crippen molar-refractivity contribution in [2.45, 2.75) is 26.2 Å². The second-order valence-electron chi connectivity index (χ2n) is 8.85. The van der Waals surface area contributed by atoms with Gasteiger partial charge in [-0.2, -0.15) is 0 Å². The van der Waals surface area contributed by atoms with Crippen molar-refractivity contribution in [3.63, 3.8) is 0 Å². The van der Waals surface area contributed by atoms with Crippen molar-refractivity contribution in [1.29, 1.82) is 0 Å². The molecule has 1 aliphatic rings. The van der Waals surface area contributed by atoms with E-state index in [9.17, 15) is 19.8 Å². The number of fused-ring (bicyclic) bond motifs is 2. The summed E-state index contributed by atoms with van der Waals surface area (Å²) in [6, 6.07) is 16.8. The molecule has 0 saturated heterocycles. The fourth-order valence-corrected chi connectivity index (χ4v) is 4.26. The topological polar surface area (TPSA) is 123 Å². The fourth-order valence-electron chi connectivity index (χ4n) is 4.26. The van der Waals surface area contributed by atoms with E-state index < -0.39 is 11.9 Å². The SMILES string of the molecule is O=C(O)CN1CCN(Cc2ccccn2)Cc2cccc(n2)CN(Cc2cccc(C(=O)O)n2)CC1. The number of rotatable bonds is 7. The molecular formula is C26H30N6O4. The highest BCUT2D eigenvalue weighted by atomic mass is 16.4. The van der Waals surface area contributed by atoms with E-state index in [-0.39, 0.29) is 12.2 Å². The third-order valence-electron chi connectivity index (χ3n) is 5.98. The van der Waals surface area contributed by atoms with E-state index in [4.69, 9.17) is 4.98 Å². The van der Waals surface area contributed by atoms with Gasteiger partial charge in [0.2, 0.25) is 0 Å². The van der Waals surface area contributed by atoms with Gasteiger partial charge in [-0.1, -0.05) is 18.2 Å². The first-order valence-corrected chi connectivity index (χ1v) is 11.9. The molecule has 10 nitrogen and oxygen atoms in total. The van der Waals surface area contributed by atoms with Crippen molar-refractivity contribution >= 4 is 11.9 Å². The lowest BCUT2D eigenvalue weighted by Crippen LogP contribution is -2.42. The lowest BCUT2D eigenvalue weighted by Gasteiger charge is -2.30. The Hall–Kier alpha value is -3.73. The second kappa shape index (κ2) is 12.3. The molecule has 0 amide bonds. The monoisotopic (exact) mass is 490 g/mol. The van der Waals surface area contributed by atoms with Gasteiger partial charge in [0.25, 0.3) is 0 Å². The summed E-state index contributed by atoms with van der Waals surface area (Å²) >= 11 is 0. The van der Waals surface area contributed by atoms with Crippen LogP contribution in [0.5, 0.6) is 0 Å².